The lowest BCUT2D eigenvalue weighted by Crippen LogP contribution is -2.43. The Morgan fingerprint density at radius 1 is 1.08 bits per heavy atom. The number of para-hydroxylation sites is 1. The molecule has 0 aliphatic carbocycles. The average molecular weight is 328 g/mol. The van der Waals surface area contributed by atoms with E-state index < -0.39 is 0 Å². The molecule has 1 aliphatic heterocycles. The van der Waals surface area contributed by atoms with Gasteiger partial charge in [0.25, 0.3) is 6.08 Å². The van der Waals surface area contributed by atoms with E-state index in [1.165, 1.54) is 17.8 Å². The second kappa shape index (κ2) is 10.2. The molecule has 6 heteroatoms. The highest BCUT2D eigenvalue weighted by molar-refractivity contribution is 5.46. The molecule has 1 fully saturated rings. The third-order valence-corrected chi connectivity index (χ3v) is 3.59. The van der Waals surface area contributed by atoms with Gasteiger partial charge in [-0.05, 0) is 18.2 Å². The first kappa shape index (κ1) is 17.7. The van der Waals surface area contributed by atoms with Crippen molar-refractivity contribution in [2.45, 2.75) is 6.54 Å². The lowest BCUT2D eigenvalue weighted by atomic mass is 10.2. The van der Waals surface area contributed by atoms with Crippen molar-refractivity contribution in [2.24, 2.45) is 5.10 Å². The number of hydrogen-bond acceptors (Lipinski definition) is 5. The molecular weight excluding hydrogens is 307 g/mol. The highest BCUT2D eigenvalue weighted by atomic mass is 19.1. The molecule has 2 N–H and O–H groups in total. The molecule has 0 bridgehead atoms. The van der Waals surface area contributed by atoms with Gasteiger partial charge in [0, 0.05) is 37.4 Å². The number of halogens is 1. The summed E-state index contributed by atoms with van der Waals surface area (Å²) in [5.74, 6) is -0.314. The summed E-state index contributed by atoms with van der Waals surface area (Å²) < 4.78 is 12.8. The second-order valence-electron chi connectivity index (χ2n) is 5.20. The van der Waals surface area contributed by atoms with E-state index in [0.29, 0.717) is 5.56 Å². The summed E-state index contributed by atoms with van der Waals surface area (Å²) in [6.45, 7) is 4.67. The largest absolute Gasteiger partial charge is 0.369 e. The van der Waals surface area contributed by atoms with E-state index in [0.717, 1.165) is 26.2 Å². The third kappa shape index (κ3) is 5.83. The molecule has 0 unspecified atom stereocenters. The second-order valence-corrected chi connectivity index (χ2v) is 5.20. The summed E-state index contributed by atoms with van der Waals surface area (Å²) in [4.78, 5) is 12.0. The van der Waals surface area contributed by atoms with Crippen LogP contribution in [-0.4, -0.2) is 32.3 Å². The zero-order valence-electron chi connectivity index (χ0n) is 13.4. The summed E-state index contributed by atoms with van der Waals surface area (Å²) in [6, 6.07) is 16.9. The van der Waals surface area contributed by atoms with Gasteiger partial charge in [0.15, 0.2) is 0 Å². The number of piperazine rings is 1. The lowest BCUT2D eigenvalue weighted by Gasteiger charge is -2.29. The highest BCUT2D eigenvalue weighted by Gasteiger charge is 2.08. The Balaban J connectivity index is 0.000000174. The number of isocyanates is 1. The summed E-state index contributed by atoms with van der Waals surface area (Å²) in [7, 11) is 0. The first-order chi connectivity index (χ1) is 11.8. The molecule has 5 nitrogen and oxygen atoms in total. The van der Waals surface area contributed by atoms with Gasteiger partial charge in [0.2, 0.25) is 0 Å². The van der Waals surface area contributed by atoms with E-state index in [2.05, 4.69) is 51.1 Å². The number of carbonyl (C=O) groups excluding carboxylic acids is 1. The smallest absolute Gasteiger partial charge is 0.258 e. The summed E-state index contributed by atoms with van der Waals surface area (Å²) in [6.07, 6.45) is 1.30. The molecule has 2 aromatic carbocycles. The molecule has 1 saturated heterocycles. The predicted molar refractivity (Wildman–Crippen MR) is 92.9 cm³/mol. The summed E-state index contributed by atoms with van der Waals surface area (Å²) >= 11 is 0. The van der Waals surface area contributed by atoms with E-state index in [1.807, 2.05) is 0 Å². The van der Waals surface area contributed by atoms with Crippen LogP contribution in [0.15, 0.2) is 59.7 Å². The van der Waals surface area contributed by atoms with Crippen molar-refractivity contribution in [3.05, 3.63) is 66.0 Å². The predicted octanol–water partition coefficient (Wildman–Crippen LogP) is 2.26. The molecular formula is C18H21FN4O. The molecule has 0 radical (unpaired) electrons. The number of anilines is 1. The topological polar surface area (TPSA) is 56.7 Å². The summed E-state index contributed by atoms with van der Waals surface area (Å²) in [5, 5.41) is 6.43. The fraction of sp³-hybridized carbons (Fsp3) is 0.278. The van der Waals surface area contributed by atoms with Crippen molar-refractivity contribution >= 4 is 11.8 Å². The van der Waals surface area contributed by atoms with Crippen LogP contribution >= 0.6 is 0 Å². The van der Waals surface area contributed by atoms with Crippen molar-refractivity contribution in [3.8, 4) is 0 Å². The van der Waals surface area contributed by atoms with Crippen molar-refractivity contribution in [1.29, 1.82) is 0 Å². The van der Waals surface area contributed by atoms with Crippen LogP contribution in [0, 0.1) is 5.82 Å². The Kier molecular flexibility index (Phi) is 7.47. The number of benzene rings is 2. The highest BCUT2D eigenvalue weighted by Crippen LogP contribution is 2.12. The number of nitrogens with one attached hydrogen (secondary N) is 2. The van der Waals surface area contributed by atoms with Crippen LogP contribution in [0.2, 0.25) is 0 Å². The molecule has 126 valence electrons. The van der Waals surface area contributed by atoms with E-state index in [-0.39, 0.29) is 12.4 Å². The van der Waals surface area contributed by atoms with Crippen LogP contribution in [-0.2, 0) is 11.3 Å². The Labute approximate surface area is 141 Å². The third-order valence-electron chi connectivity index (χ3n) is 3.59. The molecule has 0 saturated carbocycles. The van der Waals surface area contributed by atoms with Crippen molar-refractivity contribution in [1.82, 2.24) is 10.7 Å². The van der Waals surface area contributed by atoms with Gasteiger partial charge in [-0.1, -0.05) is 41.5 Å². The van der Waals surface area contributed by atoms with Gasteiger partial charge in [0.1, 0.15) is 5.82 Å². The monoisotopic (exact) mass is 328 g/mol. The molecule has 0 amide bonds. The minimum atomic E-state index is -0.314. The summed E-state index contributed by atoms with van der Waals surface area (Å²) in [5.41, 5.74) is 4.17. The number of hydrogen-bond donors (Lipinski definition) is 2. The van der Waals surface area contributed by atoms with Crippen molar-refractivity contribution in [3.63, 3.8) is 0 Å². The molecule has 3 rings (SSSR count). The molecule has 2 aromatic rings. The van der Waals surface area contributed by atoms with Gasteiger partial charge in [-0.25, -0.2) is 9.18 Å². The fourth-order valence-electron chi connectivity index (χ4n) is 2.36. The average Bonchev–Trinajstić information content (AvgIpc) is 2.66. The first-order valence-corrected chi connectivity index (χ1v) is 7.85. The van der Waals surface area contributed by atoms with Crippen LogP contribution in [0.25, 0.3) is 0 Å². The van der Waals surface area contributed by atoms with Crippen LogP contribution in [0.5, 0.6) is 0 Å². The Hall–Kier alpha value is -2.69. The van der Waals surface area contributed by atoms with Gasteiger partial charge in [0.05, 0.1) is 6.54 Å². The molecule has 1 heterocycles. The standard InChI is InChI=1S/C10H14N2.C8H7FN2O/c1-2-4-10(5-3-1)12-8-6-11-7-9-12;9-8-4-2-1-3-7(8)5-10-11-6-12/h1-5,11H,6-9H2;1-4,10H,5H2. The maximum atomic E-state index is 12.8. The number of nitrogens with zero attached hydrogens (tertiary/aromatic N) is 2. The SMILES string of the molecule is O=C=NNCc1ccccc1F.c1ccc(N2CCNCC2)cc1. The van der Waals surface area contributed by atoms with E-state index >= 15 is 0 Å². The number of rotatable bonds is 4. The van der Waals surface area contributed by atoms with Crippen LogP contribution in [0.3, 0.4) is 0 Å². The van der Waals surface area contributed by atoms with E-state index in [9.17, 15) is 9.18 Å². The normalized spacial score (nSPS) is 13.3. The number of hydrazone groups is 1. The maximum Gasteiger partial charge on any atom is 0.258 e. The van der Waals surface area contributed by atoms with E-state index in [4.69, 9.17) is 0 Å². The fourth-order valence-corrected chi connectivity index (χ4v) is 2.36. The van der Waals surface area contributed by atoms with Gasteiger partial charge >= 0.3 is 0 Å². The Morgan fingerprint density at radius 2 is 1.75 bits per heavy atom. The molecule has 24 heavy (non-hydrogen) atoms. The van der Waals surface area contributed by atoms with Gasteiger partial charge in [-0.2, -0.15) is 0 Å². The van der Waals surface area contributed by atoms with Crippen molar-refractivity contribution in [2.75, 3.05) is 31.1 Å². The zero-order chi connectivity index (χ0) is 17.0. The van der Waals surface area contributed by atoms with Gasteiger partial charge in [-0.3, -0.25) is 5.43 Å². The molecule has 0 atom stereocenters. The maximum absolute atomic E-state index is 12.8. The Bertz CT molecular complexity index is 653. The van der Waals surface area contributed by atoms with Crippen molar-refractivity contribution < 1.29 is 9.18 Å². The minimum absolute atomic E-state index is 0.196. The van der Waals surface area contributed by atoms with Crippen LogP contribution in [0.4, 0.5) is 10.1 Å². The zero-order valence-corrected chi connectivity index (χ0v) is 13.4. The molecule has 0 spiro atoms. The van der Waals surface area contributed by atoms with E-state index in [1.54, 1.807) is 18.2 Å². The van der Waals surface area contributed by atoms with Crippen LogP contribution in [0.1, 0.15) is 5.56 Å². The molecule has 1 aliphatic rings. The van der Waals surface area contributed by atoms with Gasteiger partial charge in [-0.15, -0.1) is 0 Å². The minimum Gasteiger partial charge on any atom is -0.369 e. The van der Waals surface area contributed by atoms with Crippen LogP contribution < -0.4 is 15.6 Å². The molecule has 0 aromatic heterocycles. The quantitative estimate of drug-likeness (QED) is 0.513. The lowest BCUT2D eigenvalue weighted by molar-refractivity contribution is 0.553. The first-order valence-electron chi connectivity index (χ1n) is 7.85. The van der Waals surface area contributed by atoms with Gasteiger partial charge < -0.3 is 10.2 Å². The Morgan fingerprint density at radius 3 is 2.42 bits per heavy atom.